The van der Waals surface area contributed by atoms with E-state index in [1.54, 1.807) is 19.1 Å². The number of amides is 1. The second-order valence-corrected chi connectivity index (χ2v) is 7.01. The summed E-state index contributed by atoms with van der Waals surface area (Å²) < 4.78 is 26.0. The van der Waals surface area contributed by atoms with Crippen molar-refractivity contribution in [2.75, 3.05) is 12.4 Å². The molecule has 1 aromatic rings. The van der Waals surface area contributed by atoms with Crippen molar-refractivity contribution in [2.24, 2.45) is 5.73 Å². The molecule has 1 aromatic carbocycles. The molecule has 0 atom stereocenters. The van der Waals surface area contributed by atoms with Gasteiger partial charge in [0.2, 0.25) is 15.9 Å². The van der Waals surface area contributed by atoms with Gasteiger partial charge < -0.3 is 11.1 Å². The molecule has 0 spiro atoms. The van der Waals surface area contributed by atoms with Gasteiger partial charge in [-0.2, -0.15) is 0 Å². The summed E-state index contributed by atoms with van der Waals surface area (Å²) in [6.07, 6.45) is 2.26. The van der Waals surface area contributed by atoms with Crippen molar-refractivity contribution in [3.8, 4) is 0 Å². The van der Waals surface area contributed by atoms with E-state index >= 15 is 0 Å². The Kier molecular flexibility index (Phi) is 5.38. The number of carbonyl (C=O) groups is 1. The van der Waals surface area contributed by atoms with Gasteiger partial charge in [0.05, 0.1) is 10.4 Å². The second-order valence-electron chi connectivity index (χ2n) is 5.15. The number of nitrogens with one attached hydrogen (secondary N) is 2. The first kappa shape index (κ1) is 17.9. The maximum atomic E-state index is 12.0. The van der Waals surface area contributed by atoms with E-state index in [2.05, 4.69) is 10.0 Å². The van der Waals surface area contributed by atoms with Crippen molar-refractivity contribution in [3.05, 3.63) is 23.8 Å². The maximum Gasteiger partial charge on any atom is 0.244 e. The van der Waals surface area contributed by atoms with Gasteiger partial charge in [0.1, 0.15) is 0 Å². The predicted octanol–water partition coefficient (Wildman–Crippen LogP) is 1.14. The monoisotopic (exact) mass is 333 g/mol. The minimum absolute atomic E-state index is 0. The minimum Gasteiger partial charge on any atom is -0.324 e. The Morgan fingerprint density at radius 2 is 1.95 bits per heavy atom. The highest BCUT2D eigenvalue weighted by Crippen LogP contribution is 2.30. The van der Waals surface area contributed by atoms with Gasteiger partial charge in [0.15, 0.2) is 0 Å². The molecule has 1 fully saturated rings. The molecule has 0 aliphatic heterocycles. The highest BCUT2D eigenvalue weighted by molar-refractivity contribution is 7.89. The van der Waals surface area contributed by atoms with Crippen LogP contribution in [0.15, 0.2) is 23.1 Å². The molecule has 0 heterocycles. The molecule has 2 rings (SSSR count). The quantitative estimate of drug-likeness (QED) is 0.769. The van der Waals surface area contributed by atoms with Crippen molar-refractivity contribution in [3.63, 3.8) is 0 Å². The first-order valence-electron chi connectivity index (χ1n) is 6.43. The number of halogens is 1. The van der Waals surface area contributed by atoms with Gasteiger partial charge in [-0.3, -0.25) is 4.79 Å². The fourth-order valence-electron chi connectivity index (χ4n) is 2.12. The fourth-order valence-corrected chi connectivity index (χ4v) is 3.11. The SMILES string of the molecule is CNS(=O)(=O)c1cc(NC(=O)C2(N)CCC2)ccc1C.Cl. The smallest absolute Gasteiger partial charge is 0.244 e. The number of aryl methyl sites for hydroxylation is 1. The summed E-state index contributed by atoms with van der Waals surface area (Å²) in [5.74, 6) is -0.264. The molecule has 0 unspecified atom stereocenters. The molecule has 6 nitrogen and oxygen atoms in total. The van der Waals surface area contributed by atoms with E-state index in [1.165, 1.54) is 13.1 Å². The molecule has 1 saturated carbocycles. The van der Waals surface area contributed by atoms with Crippen LogP contribution in [0, 0.1) is 6.92 Å². The van der Waals surface area contributed by atoms with E-state index < -0.39 is 15.6 Å². The van der Waals surface area contributed by atoms with E-state index in [9.17, 15) is 13.2 Å². The predicted molar refractivity (Wildman–Crippen MR) is 84.1 cm³/mol. The third kappa shape index (κ3) is 3.55. The maximum absolute atomic E-state index is 12.0. The molecule has 0 saturated heterocycles. The molecule has 1 aliphatic rings. The number of sulfonamides is 1. The summed E-state index contributed by atoms with van der Waals surface area (Å²) in [6, 6.07) is 4.77. The van der Waals surface area contributed by atoms with Crippen LogP contribution in [0.2, 0.25) is 0 Å². The standard InChI is InChI=1S/C13H19N3O3S.ClH/c1-9-4-5-10(8-11(9)20(18,19)15-2)16-12(17)13(14)6-3-7-13;/h4-5,8,15H,3,6-7,14H2,1-2H3,(H,16,17);1H. The first-order chi connectivity index (χ1) is 9.28. The molecule has 0 bridgehead atoms. The second kappa shape index (κ2) is 6.31. The van der Waals surface area contributed by atoms with Gasteiger partial charge >= 0.3 is 0 Å². The first-order valence-corrected chi connectivity index (χ1v) is 7.91. The number of hydrogen-bond donors (Lipinski definition) is 3. The summed E-state index contributed by atoms with van der Waals surface area (Å²) in [5.41, 5.74) is 6.17. The Morgan fingerprint density at radius 1 is 1.33 bits per heavy atom. The number of benzene rings is 1. The van der Waals surface area contributed by atoms with Crippen molar-refractivity contribution < 1.29 is 13.2 Å². The lowest BCUT2D eigenvalue weighted by Crippen LogP contribution is -2.56. The topological polar surface area (TPSA) is 101 Å². The Labute approximate surface area is 130 Å². The summed E-state index contributed by atoms with van der Waals surface area (Å²) in [7, 11) is -2.20. The van der Waals surface area contributed by atoms with E-state index in [1.807, 2.05) is 0 Å². The number of rotatable bonds is 4. The van der Waals surface area contributed by atoms with Crippen molar-refractivity contribution in [1.82, 2.24) is 4.72 Å². The van der Waals surface area contributed by atoms with Crippen LogP contribution in [0.1, 0.15) is 24.8 Å². The molecule has 8 heteroatoms. The van der Waals surface area contributed by atoms with Gasteiger partial charge in [-0.25, -0.2) is 13.1 Å². The largest absolute Gasteiger partial charge is 0.324 e. The molecule has 1 amide bonds. The lowest BCUT2D eigenvalue weighted by atomic mass is 9.77. The average molecular weight is 334 g/mol. The van der Waals surface area contributed by atoms with Crippen LogP contribution < -0.4 is 15.8 Å². The van der Waals surface area contributed by atoms with Crippen molar-refractivity contribution in [1.29, 1.82) is 0 Å². The highest BCUT2D eigenvalue weighted by Gasteiger charge is 2.40. The number of carbonyl (C=O) groups excluding carboxylic acids is 1. The van der Waals surface area contributed by atoms with E-state index in [0.717, 1.165) is 6.42 Å². The Morgan fingerprint density at radius 3 is 2.43 bits per heavy atom. The summed E-state index contributed by atoms with van der Waals surface area (Å²) >= 11 is 0. The van der Waals surface area contributed by atoms with Crippen molar-refractivity contribution >= 4 is 34.0 Å². The average Bonchev–Trinajstić information content (AvgIpc) is 2.37. The lowest BCUT2D eigenvalue weighted by Gasteiger charge is -2.36. The molecule has 0 radical (unpaired) electrons. The van der Waals surface area contributed by atoms with Crippen LogP contribution in [0.5, 0.6) is 0 Å². The Bertz CT molecular complexity index is 642. The zero-order valence-electron chi connectivity index (χ0n) is 12.0. The molecule has 118 valence electrons. The molecular formula is C13H20ClN3O3S. The Balaban J connectivity index is 0.00000220. The normalized spacial score (nSPS) is 16.5. The van der Waals surface area contributed by atoms with Gasteiger partial charge in [-0.15, -0.1) is 12.4 Å². The van der Waals surface area contributed by atoms with Gasteiger partial charge in [0.25, 0.3) is 0 Å². The lowest BCUT2D eigenvalue weighted by molar-refractivity contribution is -0.123. The molecule has 4 N–H and O–H groups in total. The third-order valence-corrected chi connectivity index (χ3v) is 5.26. The minimum atomic E-state index is -3.55. The zero-order chi connectivity index (χ0) is 15.0. The molecule has 1 aliphatic carbocycles. The molecular weight excluding hydrogens is 314 g/mol. The van der Waals surface area contributed by atoms with Gasteiger partial charge in [0, 0.05) is 5.69 Å². The summed E-state index contributed by atoms with van der Waals surface area (Å²) in [6.45, 7) is 1.70. The van der Waals surface area contributed by atoms with Gasteiger partial charge in [-0.05, 0) is 50.9 Å². The Hall–Kier alpha value is -1.15. The fraction of sp³-hybridized carbons (Fsp3) is 0.462. The number of hydrogen-bond acceptors (Lipinski definition) is 4. The summed E-state index contributed by atoms with van der Waals surface area (Å²) in [4.78, 5) is 12.2. The van der Waals surface area contributed by atoms with E-state index in [4.69, 9.17) is 5.73 Å². The number of nitrogens with two attached hydrogens (primary N) is 1. The van der Waals surface area contributed by atoms with Crippen LogP contribution in [0.4, 0.5) is 5.69 Å². The van der Waals surface area contributed by atoms with Crippen LogP contribution >= 0.6 is 12.4 Å². The highest BCUT2D eigenvalue weighted by atomic mass is 35.5. The van der Waals surface area contributed by atoms with Crippen LogP contribution in [-0.2, 0) is 14.8 Å². The van der Waals surface area contributed by atoms with Crippen LogP contribution in [0.3, 0.4) is 0 Å². The van der Waals surface area contributed by atoms with Crippen molar-refractivity contribution in [2.45, 2.75) is 36.6 Å². The number of anilines is 1. The van der Waals surface area contributed by atoms with E-state index in [-0.39, 0.29) is 23.2 Å². The van der Waals surface area contributed by atoms with Crippen LogP contribution in [-0.4, -0.2) is 26.9 Å². The zero-order valence-corrected chi connectivity index (χ0v) is 13.6. The molecule has 0 aromatic heterocycles. The van der Waals surface area contributed by atoms with E-state index in [0.29, 0.717) is 24.1 Å². The third-order valence-electron chi connectivity index (χ3n) is 3.70. The van der Waals surface area contributed by atoms with Gasteiger partial charge in [-0.1, -0.05) is 6.07 Å². The molecule has 21 heavy (non-hydrogen) atoms. The summed E-state index contributed by atoms with van der Waals surface area (Å²) in [5, 5.41) is 2.69. The van der Waals surface area contributed by atoms with Crippen LogP contribution in [0.25, 0.3) is 0 Å².